The first kappa shape index (κ1) is 19.4. The van der Waals surface area contributed by atoms with Gasteiger partial charge in [-0.3, -0.25) is 14.9 Å². The first-order valence-electron chi connectivity index (χ1n) is 7.60. The van der Waals surface area contributed by atoms with Gasteiger partial charge in [0, 0.05) is 10.9 Å². The minimum Gasteiger partial charge on any atom is -0.477 e. The lowest BCUT2D eigenvalue weighted by Crippen LogP contribution is -2.21. The van der Waals surface area contributed by atoms with E-state index >= 15 is 0 Å². The van der Waals surface area contributed by atoms with Gasteiger partial charge in [0.2, 0.25) is 0 Å². The molecule has 0 saturated carbocycles. The van der Waals surface area contributed by atoms with Gasteiger partial charge in [-0.15, -0.1) is 11.3 Å². The van der Waals surface area contributed by atoms with E-state index in [0.717, 1.165) is 10.4 Å². The van der Waals surface area contributed by atoms with Crippen LogP contribution < -0.4 is 10.1 Å². The predicted octanol–water partition coefficient (Wildman–Crippen LogP) is 3.39. The quantitative estimate of drug-likeness (QED) is 0.469. The third kappa shape index (κ3) is 4.17. The summed E-state index contributed by atoms with van der Waals surface area (Å²) in [5.41, 5.74) is 1.52. The van der Waals surface area contributed by atoms with Crippen molar-refractivity contribution in [1.29, 1.82) is 0 Å². The fourth-order valence-electron chi connectivity index (χ4n) is 2.26. The monoisotopic (exact) mass is 378 g/mol. The first-order valence-corrected chi connectivity index (χ1v) is 8.42. The van der Waals surface area contributed by atoms with Gasteiger partial charge in [-0.05, 0) is 38.0 Å². The van der Waals surface area contributed by atoms with Gasteiger partial charge in [0.25, 0.3) is 5.91 Å². The highest BCUT2D eigenvalue weighted by molar-refractivity contribution is 7.16. The van der Waals surface area contributed by atoms with Gasteiger partial charge in [0.05, 0.1) is 17.6 Å². The summed E-state index contributed by atoms with van der Waals surface area (Å²) in [6, 6.07) is 4.47. The van der Waals surface area contributed by atoms with Gasteiger partial charge in [0.1, 0.15) is 5.00 Å². The van der Waals surface area contributed by atoms with Crippen molar-refractivity contribution in [2.24, 2.45) is 0 Å². The summed E-state index contributed by atoms with van der Waals surface area (Å²) in [6.07, 6.45) is 0. The molecule has 8 nitrogen and oxygen atoms in total. The molecule has 2 rings (SSSR count). The van der Waals surface area contributed by atoms with E-state index in [1.807, 2.05) is 6.92 Å². The number of ether oxygens (including phenoxy) is 2. The van der Waals surface area contributed by atoms with Gasteiger partial charge >= 0.3 is 11.7 Å². The second kappa shape index (κ2) is 7.96. The van der Waals surface area contributed by atoms with Gasteiger partial charge in [-0.25, -0.2) is 4.79 Å². The second-order valence-electron chi connectivity index (χ2n) is 5.54. The Balaban J connectivity index is 2.13. The van der Waals surface area contributed by atoms with Gasteiger partial charge in [-0.1, -0.05) is 6.07 Å². The molecule has 1 amide bonds. The van der Waals surface area contributed by atoms with Crippen LogP contribution in [0.1, 0.15) is 26.4 Å². The highest BCUT2D eigenvalue weighted by Crippen LogP contribution is 2.33. The SMILES string of the molecule is COC(=O)c1c(NC(=O)COc2ccc(C)cc2[N+](=O)[O-])sc(C)c1C. The van der Waals surface area contributed by atoms with Crippen molar-refractivity contribution in [1.82, 2.24) is 0 Å². The van der Waals surface area contributed by atoms with Gasteiger partial charge in [-0.2, -0.15) is 0 Å². The molecule has 138 valence electrons. The molecule has 0 aliphatic rings. The van der Waals surface area contributed by atoms with Crippen molar-refractivity contribution < 1.29 is 24.0 Å². The Bertz CT molecular complexity index is 874. The summed E-state index contributed by atoms with van der Waals surface area (Å²) in [6.45, 7) is 4.88. The number of nitro groups is 1. The summed E-state index contributed by atoms with van der Waals surface area (Å²) in [5, 5.41) is 14.0. The standard InChI is InChI=1S/C17H18N2O6S/c1-9-5-6-13(12(7-9)19(22)23)25-8-14(20)18-16-15(17(21)24-4)10(2)11(3)26-16/h5-7H,8H2,1-4H3,(H,18,20). The topological polar surface area (TPSA) is 108 Å². The number of amides is 1. The molecular formula is C17H18N2O6S. The summed E-state index contributed by atoms with van der Waals surface area (Å²) in [5.74, 6) is -1.08. The van der Waals surface area contributed by atoms with Gasteiger partial charge < -0.3 is 14.8 Å². The molecule has 1 heterocycles. The van der Waals surface area contributed by atoms with Crippen molar-refractivity contribution in [3.63, 3.8) is 0 Å². The Kier molecular flexibility index (Phi) is 5.93. The van der Waals surface area contributed by atoms with E-state index < -0.39 is 23.4 Å². The fourth-order valence-corrected chi connectivity index (χ4v) is 3.33. The largest absolute Gasteiger partial charge is 0.477 e. The predicted molar refractivity (Wildman–Crippen MR) is 97.1 cm³/mol. The van der Waals surface area contributed by atoms with Crippen LogP contribution in [0, 0.1) is 30.9 Å². The molecule has 0 spiro atoms. The fraction of sp³-hybridized carbons (Fsp3) is 0.294. The lowest BCUT2D eigenvalue weighted by Gasteiger charge is -2.08. The summed E-state index contributed by atoms with van der Waals surface area (Å²) in [4.78, 5) is 35.5. The van der Waals surface area contributed by atoms with Crippen LogP contribution in [0.25, 0.3) is 0 Å². The molecular weight excluding hydrogens is 360 g/mol. The summed E-state index contributed by atoms with van der Waals surface area (Å²) in [7, 11) is 1.26. The van der Waals surface area contributed by atoms with E-state index in [0.29, 0.717) is 16.1 Å². The van der Waals surface area contributed by atoms with Crippen molar-refractivity contribution in [2.45, 2.75) is 20.8 Å². The van der Waals surface area contributed by atoms with Crippen LogP contribution in [0.2, 0.25) is 0 Å². The number of aryl methyl sites for hydroxylation is 2. The van der Waals surface area contributed by atoms with Crippen LogP contribution in [-0.2, 0) is 9.53 Å². The van der Waals surface area contributed by atoms with E-state index in [9.17, 15) is 19.7 Å². The molecule has 1 N–H and O–H groups in total. The molecule has 0 atom stereocenters. The number of nitrogens with zero attached hydrogens (tertiary/aromatic N) is 1. The molecule has 0 radical (unpaired) electrons. The number of carbonyl (C=O) groups is 2. The van der Waals surface area contributed by atoms with Crippen LogP contribution in [0.4, 0.5) is 10.7 Å². The molecule has 2 aromatic rings. The highest BCUT2D eigenvalue weighted by Gasteiger charge is 2.22. The number of methoxy groups -OCH3 is 1. The molecule has 0 bridgehead atoms. The van der Waals surface area contributed by atoms with E-state index in [1.54, 1.807) is 19.9 Å². The van der Waals surface area contributed by atoms with Gasteiger partial charge in [0.15, 0.2) is 12.4 Å². The smallest absolute Gasteiger partial charge is 0.341 e. The number of nitrogens with one attached hydrogen (secondary N) is 1. The minimum atomic E-state index is -0.568. The van der Waals surface area contributed by atoms with Crippen LogP contribution in [0.3, 0.4) is 0 Å². The van der Waals surface area contributed by atoms with E-state index in [4.69, 9.17) is 9.47 Å². The van der Waals surface area contributed by atoms with Crippen molar-refractivity contribution in [3.8, 4) is 5.75 Å². The Morgan fingerprint density at radius 1 is 1.27 bits per heavy atom. The zero-order valence-corrected chi connectivity index (χ0v) is 15.6. The number of benzene rings is 1. The number of anilines is 1. The number of nitro benzene ring substituents is 1. The summed E-state index contributed by atoms with van der Waals surface area (Å²) < 4.78 is 10.0. The third-order valence-corrected chi connectivity index (χ3v) is 4.82. The molecule has 0 fully saturated rings. The number of hydrogen-bond donors (Lipinski definition) is 1. The number of thiophene rings is 1. The molecule has 9 heteroatoms. The Morgan fingerprint density at radius 2 is 1.96 bits per heavy atom. The third-order valence-electron chi connectivity index (χ3n) is 3.70. The zero-order chi connectivity index (χ0) is 19.4. The Labute approximate surface area is 153 Å². The number of carbonyl (C=O) groups excluding carboxylic acids is 2. The lowest BCUT2D eigenvalue weighted by atomic mass is 10.1. The first-order chi connectivity index (χ1) is 12.2. The van der Waals surface area contributed by atoms with Crippen LogP contribution >= 0.6 is 11.3 Å². The Hall–Kier alpha value is -2.94. The van der Waals surface area contributed by atoms with Crippen molar-refractivity contribution >= 4 is 33.9 Å². The molecule has 0 saturated heterocycles. The lowest BCUT2D eigenvalue weighted by molar-refractivity contribution is -0.385. The molecule has 1 aromatic carbocycles. The van der Waals surface area contributed by atoms with Crippen LogP contribution in [0.15, 0.2) is 18.2 Å². The molecule has 26 heavy (non-hydrogen) atoms. The molecule has 0 aliphatic heterocycles. The molecule has 0 aliphatic carbocycles. The maximum atomic E-state index is 12.2. The average Bonchev–Trinajstić information content (AvgIpc) is 2.86. The minimum absolute atomic E-state index is 0.00230. The number of rotatable bonds is 6. The second-order valence-corrected chi connectivity index (χ2v) is 6.77. The Morgan fingerprint density at radius 3 is 2.58 bits per heavy atom. The highest BCUT2D eigenvalue weighted by atomic mass is 32.1. The number of esters is 1. The number of hydrogen-bond acceptors (Lipinski definition) is 7. The average molecular weight is 378 g/mol. The van der Waals surface area contributed by atoms with E-state index in [1.165, 1.54) is 30.6 Å². The van der Waals surface area contributed by atoms with Crippen molar-refractivity contribution in [3.05, 3.63) is 49.9 Å². The van der Waals surface area contributed by atoms with E-state index in [-0.39, 0.29) is 11.4 Å². The van der Waals surface area contributed by atoms with Crippen molar-refractivity contribution in [2.75, 3.05) is 19.0 Å². The summed E-state index contributed by atoms with van der Waals surface area (Å²) >= 11 is 1.25. The maximum absolute atomic E-state index is 12.2. The zero-order valence-electron chi connectivity index (χ0n) is 14.7. The maximum Gasteiger partial charge on any atom is 0.341 e. The van der Waals surface area contributed by atoms with Crippen LogP contribution in [-0.4, -0.2) is 30.5 Å². The molecule has 1 aromatic heterocycles. The van der Waals surface area contributed by atoms with Crippen LogP contribution in [0.5, 0.6) is 5.75 Å². The normalized spacial score (nSPS) is 10.3. The van der Waals surface area contributed by atoms with E-state index in [2.05, 4.69) is 5.32 Å². The molecule has 0 unspecified atom stereocenters.